The van der Waals surface area contributed by atoms with Crippen molar-refractivity contribution in [3.63, 3.8) is 0 Å². The van der Waals surface area contributed by atoms with E-state index in [2.05, 4.69) is 58.6 Å². The van der Waals surface area contributed by atoms with Gasteiger partial charge in [-0.3, -0.25) is 4.90 Å². The lowest BCUT2D eigenvalue weighted by atomic mass is 10.1. The van der Waals surface area contributed by atoms with Gasteiger partial charge in [-0.15, -0.1) is 0 Å². The molecule has 18 heavy (non-hydrogen) atoms. The second-order valence-electron chi connectivity index (χ2n) is 5.22. The quantitative estimate of drug-likeness (QED) is 0.852. The van der Waals surface area contributed by atoms with Crippen LogP contribution in [0.2, 0.25) is 0 Å². The zero-order valence-corrected chi connectivity index (χ0v) is 13.0. The Morgan fingerprint density at radius 1 is 1.17 bits per heavy atom. The third-order valence-electron chi connectivity index (χ3n) is 3.81. The highest BCUT2D eigenvalue weighted by Crippen LogP contribution is 2.32. The highest BCUT2D eigenvalue weighted by atomic mass is 79.9. The molecule has 2 N–H and O–H groups in total. The normalized spacial score (nSPS) is 17.5. The van der Waals surface area contributed by atoms with Gasteiger partial charge in [0.1, 0.15) is 0 Å². The molecule has 0 saturated carbocycles. The van der Waals surface area contributed by atoms with Crippen molar-refractivity contribution in [2.24, 2.45) is 0 Å². The Balaban J connectivity index is 2.13. The highest BCUT2D eigenvalue weighted by Gasteiger charge is 2.20. The molecule has 1 aromatic carbocycles. The van der Waals surface area contributed by atoms with Gasteiger partial charge in [0.15, 0.2) is 0 Å². The number of halogens is 1. The number of piperazine rings is 1. The summed E-state index contributed by atoms with van der Waals surface area (Å²) in [5.74, 6) is 0. The van der Waals surface area contributed by atoms with Gasteiger partial charge < -0.3 is 10.6 Å². The number of nitrogens with zero attached hydrogens (tertiary/aromatic N) is 2. The van der Waals surface area contributed by atoms with E-state index in [0.29, 0.717) is 6.04 Å². The summed E-state index contributed by atoms with van der Waals surface area (Å²) in [6, 6.07) is 4.85. The molecule has 0 unspecified atom stereocenters. The van der Waals surface area contributed by atoms with Gasteiger partial charge in [0.25, 0.3) is 0 Å². The number of hydrogen-bond acceptors (Lipinski definition) is 3. The minimum absolute atomic E-state index is 0.635. The molecule has 0 aromatic heterocycles. The first-order valence-electron chi connectivity index (χ1n) is 6.54. The summed E-state index contributed by atoms with van der Waals surface area (Å²) < 4.78 is 1.09. The molecular weight excluding hydrogens is 290 g/mol. The van der Waals surface area contributed by atoms with E-state index < -0.39 is 0 Å². The van der Waals surface area contributed by atoms with Crippen LogP contribution in [0.25, 0.3) is 0 Å². The lowest BCUT2D eigenvalue weighted by Gasteiger charge is -2.38. The van der Waals surface area contributed by atoms with E-state index in [9.17, 15) is 0 Å². The Labute approximate surface area is 118 Å². The second kappa shape index (κ2) is 5.49. The summed E-state index contributed by atoms with van der Waals surface area (Å²) >= 11 is 3.53. The molecule has 1 fully saturated rings. The minimum atomic E-state index is 0.635. The molecule has 0 atom stereocenters. The summed E-state index contributed by atoms with van der Waals surface area (Å²) in [6.45, 7) is 10.9. The molecule has 0 radical (unpaired) electrons. The predicted octanol–water partition coefficient (Wildman–Crippen LogP) is 2.87. The van der Waals surface area contributed by atoms with Gasteiger partial charge in [0.2, 0.25) is 0 Å². The molecule has 0 spiro atoms. The van der Waals surface area contributed by atoms with Crippen LogP contribution >= 0.6 is 15.9 Å². The third-order valence-corrected chi connectivity index (χ3v) is 4.67. The molecule has 0 bridgehead atoms. The topological polar surface area (TPSA) is 32.5 Å². The zero-order chi connectivity index (χ0) is 13.3. The monoisotopic (exact) mass is 311 g/mol. The van der Waals surface area contributed by atoms with Crippen LogP contribution < -0.4 is 10.6 Å². The number of nitrogens with two attached hydrogens (primary N) is 1. The van der Waals surface area contributed by atoms with Gasteiger partial charge in [-0.1, -0.05) is 15.9 Å². The number of rotatable bonds is 2. The van der Waals surface area contributed by atoms with E-state index in [4.69, 9.17) is 5.73 Å². The van der Waals surface area contributed by atoms with Gasteiger partial charge >= 0.3 is 0 Å². The van der Waals surface area contributed by atoms with Crippen LogP contribution in [-0.2, 0) is 0 Å². The molecular formula is C14H22BrN3. The molecule has 1 saturated heterocycles. The highest BCUT2D eigenvalue weighted by molar-refractivity contribution is 9.10. The molecule has 2 rings (SSSR count). The van der Waals surface area contributed by atoms with Gasteiger partial charge in [-0.25, -0.2) is 0 Å². The maximum atomic E-state index is 6.22. The van der Waals surface area contributed by atoms with Crippen LogP contribution in [0.3, 0.4) is 0 Å². The van der Waals surface area contributed by atoms with Gasteiger partial charge in [-0.2, -0.15) is 0 Å². The van der Waals surface area contributed by atoms with Crippen molar-refractivity contribution < 1.29 is 0 Å². The average Bonchev–Trinajstić information content (AvgIpc) is 2.36. The fourth-order valence-electron chi connectivity index (χ4n) is 2.44. The Kier molecular flexibility index (Phi) is 4.17. The third kappa shape index (κ3) is 2.64. The van der Waals surface area contributed by atoms with Crippen LogP contribution in [0.15, 0.2) is 16.6 Å². The first-order chi connectivity index (χ1) is 8.50. The van der Waals surface area contributed by atoms with Crippen molar-refractivity contribution in [3.05, 3.63) is 22.2 Å². The minimum Gasteiger partial charge on any atom is -0.397 e. The van der Waals surface area contributed by atoms with Crippen molar-refractivity contribution in [2.45, 2.75) is 26.8 Å². The summed E-state index contributed by atoms with van der Waals surface area (Å²) in [5.41, 5.74) is 9.45. The molecule has 1 aliphatic heterocycles. The summed E-state index contributed by atoms with van der Waals surface area (Å²) in [4.78, 5) is 4.91. The van der Waals surface area contributed by atoms with E-state index in [-0.39, 0.29) is 0 Å². The molecule has 1 heterocycles. The van der Waals surface area contributed by atoms with E-state index in [1.807, 2.05) is 0 Å². The largest absolute Gasteiger partial charge is 0.397 e. The predicted molar refractivity (Wildman–Crippen MR) is 82.2 cm³/mol. The smallest absolute Gasteiger partial charge is 0.0604 e. The van der Waals surface area contributed by atoms with Crippen molar-refractivity contribution in [3.8, 4) is 0 Å². The fourth-order valence-corrected chi connectivity index (χ4v) is 2.79. The lowest BCUT2D eigenvalue weighted by molar-refractivity contribution is 0.209. The summed E-state index contributed by atoms with van der Waals surface area (Å²) in [7, 11) is 0. The number of anilines is 2. The summed E-state index contributed by atoms with van der Waals surface area (Å²) in [6.07, 6.45) is 0. The number of benzene rings is 1. The summed E-state index contributed by atoms with van der Waals surface area (Å²) in [5, 5.41) is 0. The van der Waals surface area contributed by atoms with Crippen molar-refractivity contribution in [1.29, 1.82) is 0 Å². The van der Waals surface area contributed by atoms with Crippen molar-refractivity contribution in [2.75, 3.05) is 36.8 Å². The maximum absolute atomic E-state index is 6.22. The van der Waals surface area contributed by atoms with E-state index in [1.54, 1.807) is 0 Å². The fraction of sp³-hybridized carbons (Fsp3) is 0.571. The van der Waals surface area contributed by atoms with Crippen LogP contribution in [0.5, 0.6) is 0 Å². The molecule has 3 nitrogen and oxygen atoms in total. The molecule has 1 aliphatic rings. The molecule has 0 aliphatic carbocycles. The SMILES string of the molecule is Cc1c(Br)ccc(N2CCN(C(C)C)CC2)c1N. The Morgan fingerprint density at radius 2 is 1.78 bits per heavy atom. The van der Waals surface area contributed by atoms with E-state index in [0.717, 1.165) is 41.9 Å². The second-order valence-corrected chi connectivity index (χ2v) is 6.08. The Hall–Kier alpha value is -0.740. The van der Waals surface area contributed by atoms with Gasteiger partial charge in [0.05, 0.1) is 11.4 Å². The first-order valence-corrected chi connectivity index (χ1v) is 7.33. The van der Waals surface area contributed by atoms with Gasteiger partial charge in [-0.05, 0) is 38.5 Å². The average molecular weight is 312 g/mol. The molecule has 1 aromatic rings. The Morgan fingerprint density at radius 3 is 2.33 bits per heavy atom. The Bertz CT molecular complexity index is 423. The molecule has 100 valence electrons. The standard InChI is InChI=1S/C14H22BrN3/c1-10(2)17-6-8-18(9-7-17)13-5-4-12(15)11(3)14(13)16/h4-5,10H,6-9,16H2,1-3H3. The van der Waals surface area contributed by atoms with Crippen LogP contribution in [0.4, 0.5) is 11.4 Å². The molecule has 0 amide bonds. The number of hydrogen-bond donors (Lipinski definition) is 1. The maximum Gasteiger partial charge on any atom is 0.0604 e. The lowest BCUT2D eigenvalue weighted by Crippen LogP contribution is -2.49. The van der Waals surface area contributed by atoms with E-state index in [1.165, 1.54) is 5.69 Å². The number of nitrogen functional groups attached to an aromatic ring is 1. The van der Waals surface area contributed by atoms with E-state index >= 15 is 0 Å². The van der Waals surface area contributed by atoms with Crippen molar-refractivity contribution in [1.82, 2.24) is 4.90 Å². The van der Waals surface area contributed by atoms with Gasteiger partial charge in [0, 0.05) is 36.7 Å². The van der Waals surface area contributed by atoms with Crippen LogP contribution in [0.1, 0.15) is 19.4 Å². The van der Waals surface area contributed by atoms with Crippen molar-refractivity contribution >= 4 is 27.3 Å². The van der Waals surface area contributed by atoms with Crippen LogP contribution in [0, 0.1) is 6.92 Å². The molecule has 4 heteroatoms. The zero-order valence-electron chi connectivity index (χ0n) is 11.4. The first kappa shape index (κ1) is 13.7. The van der Waals surface area contributed by atoms with Crippen LogP contribution in [-0.4, -0.2) is 37.1 Å².